The van der Waals surface area contributed by atoms with Crippen LogP contribution < -0.4 is 10.1 Å². The van der Waals surface area contributed by atoms with E-state index in [-0.39, 0.29) is 35.3 Å². The second-order valence-corrected chi connectivity index (χ2v) is 8.47. The Balaban J connectivity index is 1.21. The van der Waals surface area contributed by atoms with E-state index in [1.54, 1.807) is 4.90 Å². The fraction of sp³-hybridized carbons (Fsp3) is 0.500. The highest BCUT2D eigenvalue weighted by Crippen LogP contribution is 2.50. The SMILES string of the molecule is CNC(=O)c1cc(COC(=O)N2CCC3(CC2)CC(Oc2cccc(C(F)(F)F)c2)C3)on1. The maximum absolute atomic E-state index is 12.9. The second-order valence-electron chi connectivity index (χ2n) is 8.47. The highest BCUT2D eigenvalue weighted by atomic mass is 19.4. The van der Waals surface area contributed by atoms with E-state index in [1.807, 2.05) is 0 Å². The van der Waals surface area contributed by atoms with Crippen LogP contribution >= 0.6 is 0 Å². The van der Waals surface area contributed by atoms with Crippen molar-refractivity contribution in [3.05, 3.63) is 47.3 Å². The molecule has 8 nitrogen and oxygen atoms in total. The number of carbonyl (C=O) groups excluding carboxylic acids is 2. The number of rotatable bonds is 5. The minimum Gasteiger partial charge on any atom is -0.490 e. The fourth-order valence-corrected chi connectivity index (χ4v) is 4.34. The molecular weight excluding hydrogens is 443 g/mol. The van der Waals surface area contributed by atoms with Gasteiger partial charge < -0.3 is 24.2 Å². The number of alkyl halides is 3. The molecule has 2 amide bonds. The summed E-state index contributed by atoms with van der Waals surface area (Å²) >= 11 is 0. The van der Waals surface area contributed by atoms with Crippen LogP contribution in [-0.2, 0) is 17.5 Å². The van der Waals surface area contributed by atoms with Crippen LogP contribution in [-0.4, -0.2) is 48.3 Å². The number of carbonyl (C=O) groups is 2. The van der Waals surface area contributed by atoms with Crippen LogP contribution in [0, 0.1) is 5.41 Å². The van der Waals surface area contributed by atoms with Crippen molar-refractivity contribution < 1.29 is 36.8 Å². The van der Waals surface area contributed by atoms with Crippen molar-refractivity contribution in [1.82, 2.24) is 15.4 Å². The first-order valence-corrected chi connectivity index (χ1v) is 10.6. The van der Waals surface area contributed by atoms with E-state index in [2.05, 4.69) is 10.5 Å². The molecule has 33 heavy (non-hydrogen) atoms. The number of nitrogens with one attached hydrogen (secondary N) is 1. The van der Waals surface area contributed by atoms with Crippen LogP contribution in [0.2, 0.25) is 0 Å². The van der Waals surface area contributed by atoms with Gasteiger partial charge in [0.25, 0.3) is 5.91 Å². The number of hydrogen-bond donors (Lipinski definition) is 1. The van der Waals surface area contributed by atoms with Crippen molar-refractivity contribution in [3.8, 4) is 5.75 Å². The number of hydrogen-bond acceptors (Lipinski definition) is 6. The van der Waals surface area contributed by atoms with Gasteiger partial charge in [0, 0.05) is 26.2 Å². The lowest BCUT2D eigenvalue weighted by atomic mass is 9.61. The Morgan fingerprint density at radius 1 is 1.24 bits per heavy atom. The third-order valence-electron chi connectivity index (χ3n) is 6.22. The van der Waals surface area contributed by atoms with E-state index in [0.29, 0.717) is 13.1 Å². The Morgan fingerprint density at radius 2 is 1.97 bits per heavy atom. The van der Waals surface area contributed by atoms with Crippen molar-refractivity contribution in [2.75, 3.05) is 20.1 Å². The number of likely N-dealkylation sites (tertiary alicyclic amines) is 1. The highest BCUT2D eigenvalue weighted by Gasteiger charge is 2.48. The number of piperidine rings is 1. The molecule has 2 fully saturated rings. The molecular formula is C22H24F3N3O5. The summed E-state index contributed by atoms with van der Waals surface area (Å²) in [6.45, 7) is 0.918. The lowest BCUT2D eigenvalue weighted by Crippen LogP contribution is -2.52. The van der Waals surface area contributed by atoms with Gasteiger partial charge in [-0.25, -0.2) is 4.79 Å². The molecule has 0 radical (unpaired) electrons. The average molecular weight is 467 g/mol. The van der Waals surface area contributed by atoms with Gasteiger partial charge in [-0.15, -0.1) is 0 Å². The number of aromatic nitrogens is 1. The van der Waals surface area contributed by atoms with E-state index < -0.39 is 23.7 Å². The summed E-state index contributed by atoms with van der Waals surface area (Å²) in [5, 5.41) is 6.03. The maximum Gasteiger partial charge on any atom is 0.416 e. The minimum atomic E-state index is -4.40. The quantitative estimate of drug-likeness (QED) is 0.714. The Kier molecular flexibility index (Phi) is 6.22. The molecule has 1 saturated heterocycles. The molecule has 1 N–H and O–H groups in total. The molecule has 2 heterocycles. The summed E-state index contributed by atoms with van der Waals surface area (Å²) in [5.74, 6) is 0.0928. The lowest BCUT2D eigenvalue weighted by Gasteiger charge is -2.51. The molecule has 0 unspecified atom stereocenters. The van der Waals surface area contributed by atoms with Gasteiger partial charge in [-0.1, -0.05) is 11.2 Å². The summed E-state index contributed by atoms with van der Waals surface area (Å²) in [6, 6.07) is 6.33. The smallest absolute Gasteiger partial charge is 0.416 e. The van der Waals surface area contributed by atoms with Crippen LogP contribution in [0.5, 0.6) is 5.75 Å². The molecule has 11 heteroatoms. The number of benzene rings is 1. The van der Waals surface area contributed by atoms with Crippen LogP contribution in [0.15, 0.2) is 34.9 Å². The summed E-state index contributed by atoms with van der Waals surface area (Å²) in [6.07, 6.45) is -1.98. The second kappa shape index (κ2) is 8.95. The zero-order valence-electron chi connectivity index (χ0n) is 18.0. The summed E-state index contributed by atoms with van der Waals surface area (Å²) in [7, 11) is 1.47. The molecule has 4 rings (SSSR count). The van der Waals surface area contributed by atoms with Crippen LogP contribution in [0.3, 0.4) is 0 Å². The first-order chi connectivity index (χ1) is 15.7. The monoisotopic (exact) mass is 467 g/mol. The van der Waals surface area contributed by atoms with Crippen molar-refractivity contribution >= 4 is 12.0 Å². The van der Waals surface area contributed by atoms with Crippen molar-refractivity contribution in [3.63, 3.8) is 0 Å². The van der Waals surface area contributed by atoms with Crippen LogP contribution in [0.1, 0.15) is 47.5 Å². The Labute approximate surface area is 188 Å². The topological polar surface area (TPSA) is 93.9 Å². The summed E-state index contributed by atoms with van der Waals surface area (Å²) in [5.41, 5.74) is -0.581. The van der Waals surface area contributed by atoms with E-state index in [9.17, 15) is 22.8 Å². The van der Waals surface area contributed by atoms with Gasteiger partial charge in [-0.05, 0) is 49.3 Å². The maximum atomic E-state index is 12.9. The molecule has 0 atom stereocenters. The predicted octanol–water partition coefficient (Wildman–Crippen LogP) is 4.01. The van der Waals surface area contributed by atoms with Crippen molar-refractivity contribution in [2.24, 2.45) is 5.41 Å². The van der Waals surface area contributed by atoms with E-state index in [4.69, 9.17) is 14.0 Å². The van der Waals surface area contributed by atoms with Gasteiger partial charge in [0.15, 0.2) is 18.1 Å². The third kappa shape index (κ3) is 5.23. The van der Waals surface area contributed by atoms with E-state index >= 15 is 0 Å². The summed E-state index contributed by atoms with van der Waals surface area (Å²) in [4.78, 5) is 25.4. The molecule has 178 valence electrons. The Hall–Kier alpha value is -3.24. The number of halogens is 3. The highest BCUT2D eigenvalue weighted by molar-refractivity contribution is 5.91. The van der Waals surface area contributed by atoms with Gasteiger partial charge in [0.05, 0.1) is 11.7 Å². The number of nitrogens with zero attached hydrogens (tertiary/aromatic N) is 2. The first-order valence-electron chi connectivity index (χ1n) is 10.6. The minimum absolute atomic E-state index is 0.0381. The Morgan fingerprint density at radius 3 is 2.64 bits per heavy atom. The van der Waals surface area contributed by atoms with Crippen LogP contribution in [0.4, 0.5) is 18.0 Å². The molecule has 1 aliphatic heterocycles. The largest absolute Gasteiger partial charge is 0.490 e. The molecule has 1 spiro atoms. The fourth-order valence-electron chi connectivity index (χ4n) is 4.34. The van der Waals surface area contributed by atoms with Gasteiger partial charge in [-0.3, -0.25) is 4.79 Å². The normalized spacial score (nSPS) is 18.0. The molecule has 0 bridgehead atoms. The molecule has 2 aliphatic rings. The molecule has 1 saturated carbocycles. The molecule has 1 aliphatic carbocycles. The van der Waals surface area contributed by atoms with Gasteiger partial charge >= 0.3 is 12.3 Å². The van der Waals surface area contributed by atoms with Crippen molar-refractivity contribution in [2.45, 2.75) is 44.6 Å². The molecule has 1 aromatic heterocycles. The van der Waals surface area contributed by atoms with E-state index in [0.717, 1.165) is 37.8 Å². The summed E-state index contributed by atoms with van der Waals surface area (Å²) < 4.78 is 54.6. The molecule has 1 aromatic carbocycles. The van der Waals surface area contributed by atoms with Gasteiger partial charge in [-0.2, -0.15) is 13.2 Å². The number of ether oxygens (including phenoxy) is 2. The first kappa shape index (κ1) is 22.9. The van der Waals surface area contributed by atoms with Gasteiger partial charge in [0.1, 0.15) is 5.75 Å². The van der Waals surface area contributed by atoms with Gasteiger partial charge in [0.2, 0.25) is 0 Å². The van der Waals surface area contributed by atoms with Crippen LogP contribution in [0.25, 0.3) is 0 Å². The zero-order valence-corrected chi connectivity index (χ0v) is 18.0. The van der Waals surface area contributed by atoms with E-state index in [1.165, 1.54) is 25.2 Å². The molecule has 2 aromatic rings. The average Bonchev–Trinajstić information content (AvgIpc) is 3.25. The lowest BCUT2D eigenvalue weighted by molar-refractivity contribution is -0.137. The Bertz CT molecular complexity index is 1010. The standard InChI is InChI=1S/C22H24F3N3O5/c1-26-19(29)18-10-16(33-27-18)13-31-20(30)28-7-5-21(6-8-28)11-17(12-21)32-15-4-2-3-14(9-15)22(23,24)25/h2-4,9-10,17H,5-8,11-13H2,1H3,(H,26,29). The number of amides is 2. The van der Waals surface area contributed by atoms with Crippen molar-refractivity contribution in [1.29, 1.82) is 0 Å². The zero-order chi connectivity index (χ0) is 23.6. The predicted molar refractivity (Wildman–Crippen MR) is 108 cm³/mol. The third-order valence-corrected chi connectivity index (χ3v) is 6.22.